The average molecular weight is 330 g/mol. The molecule has 0 bridgehead atoms. The first kappa shape index (κ1) is 15.8. The molecule has 1 heterocycles. The molecule has 2 amide bonds. The van der Waals surface area contributed by atoms with Crippen molar-refractivity contribution in [3.63, 3.8) is 0 Å². The summed E-state index contributed by atoms with van der Waals surface area (Å²) >= 11 is 0. The van der Waals surface area contributed by atoms with Crippen molar-refractivity contribution in [2.45, 2.75) is 12.8 Å². The highest BCUT2D eigenvalue weighted by molar-refractivity contribution is 8.93. The van der Waals surface area contributed by atoms with E-state index in [4.69, 9.17) is 5.73 Å². The first-order chi connectivity index (χ1) is 8.66. The molecule has 2 rings (SSSR count). The van der Waals surface area contributed by atoms with E-state index in [0.29, 0.717) is 6.54 Å². The molecular formula is C13H20BrN3O2. The van der Waals surface area contributed by atoms with Crippen molar-refractivity contribution in [3.8, 4) is 5.75 Å². The number of urea groups is 1. The van der Waals surface area contributed by atoms with Crippen LogP contribution in [0, 0.1) is 0 Å². The van der Waals surface area contributed by atoms with Crippen LogP contribution in [-0.4, -0.2) is 42.2 Å². The standard InChI is InChI=1S/C13H19N3O2.BrH/c14-13(18)16(10-9-15-7-1-2-8-15)11-3-5-12(17)6-4-11;/h3-6,17H,1-2,7-10H2,(H2,14,18);1H. The van der Waals surface area contributed by atoms with Crippen molar-refractivity contribution in [3.05, 3.63) is 24.3 Å². The molecule has 19 heavy (non-hydrogen) atoms. The van der Waals surface area contributed by atoms with Gasteiger partial charge in [-0.3, -0.25) is 4.90 Å². The third-order valence-electron chi connectivity index (χ3n) is 3.27. The summed E-state index contributed by atoms with van der Waals surface area (Å²) in [7, 11) is 0. The first-order valence-electron chi connectivity index (χ1n) is 6.25. The smallest absolute Gasteiger partial charge is 0.319 e. The van der Waals surface area contributed by atoms with Gasteiger partial charge in [0.05, 0.1) is 0 Å². The number of anilines is 1. The maximum atomic E-state index is 11.5. The van der Waals surface area contributed by atoms with Crippen LogP contribution in [0.25, 0.3) is 0 Å². The van der Waals surface area contributed by atoms with Gasteiger partial charge in [-0.15, -0.1) is 17.0 Å². The summed E-state index contributed by atoms with van der Waals surface area (Å²) in [6, 6.07) is 6.05. The van der Waals surface area contributed by atoms with Gasteiger partial charge in [-0.05, 0) is 50.2 Å². The second kappa shape index (κ2) is 7.35. The number of phenols is 1. The lowest BCUT2D eigenvalue weighted by atomic mass is 10.2. The largest absolute Gasteiger partial charge is 0.508 e. The van der Waals surface area contributed by atoms with Crippen LogP contribution >= 0.6 is 17.0 Å². The average Bonchev–Trinajstić information content (AvgIpc) is 2.84. The topological polar surface area (TPSA) is 69.8 Å². The maximum Gasteiger partial charge on any atom is 0.319 e. The van der Waals surface area contributed by atoms with Gasteiger partial charge in [0, 0.05) is 18.8 Å². The Morgan fingerprint density at radius 2 is 1.84 bits per heavy atom. The molecule has 0 aliphatic carbocycles. The molecule has 3 N–H and O–H groups in total. The van der Waals surface area contributed by atoms with Crippen molar-refractivity contribution >= 4 is 28.7 Å². The molecule has 0 aromatic heterocycles. The SMILES string of the molecule is Br.NC(=O)N(CCN1CCCC1)c1ccc(O)cc1. The van der Waals surface area contributed by atoms with Gasteiger partial charge < -0.3 is 15.7 Å². The highest BCUT2D eigenvalue weighted by atomic mass is 79.9. The van der Waals surface area contributed by atoms with E-state index in [0.717, 1.165) is 25.3 Å². The Labute approximate surface area is 123 Å². The second-order valence-corrected chi connectivity index (χ2v) is 4.56. The number of phenolic OH excluding ortho intramolecular Hbond substituents is 1. The van der Waals surface area contributed by atoms with Crippen LogP contribution < -0.4 is 10.6 Å². The highest BCUT2D eigenvalue weighted by Gasteiger charge is 2.16. The van der Waals surface area contributed by atoms with E-state index >= 15 is 0 Å². The van der Waals surface area contributed by atoms with Gasteiger partial charge in [0.15, 0.2) is 0 Å². The molecule has 1 aromatic rings. The van der Waals surface area contributed by atoms with E-state index in [1.807, 2.05) is 0 Å². The van der Waals surface area contributed by atoms with E-state index in [9.17, 15) is 9.90 Å². The number of amides is 2. The van der Waals surface area contributed by atoms with Crippen molar-refractivity contribution in [1.82, 2.24) is 4.90 Å². The van der Waals surface area contributed by atoms with Crippen molar-refractivity contribution in [2.24, 2.45) is 5.73 Å². The number of likely N-dealkylation sites (tertiary alicyclic amines) is 1. The molecule has 0 atom stereocenters. The number of aromatic hydroxyl groups is 1. The van der Waals surface area contributed by atoms with Crippen molar-refractivity contribution in [2.75, 3.05) is 31.1 Å². The number of nitrogens with two attached hydrogens (primary N) is 1. The fourth-order valence-corrected chi connectivity index (χ4v) is 2.25. The zero-order valence-corrected chi connectivity index (χ0v) is 12.5. The molecule has 1 saturated heterocycles. The summed E-state index contributed by atoms with van der Waals surface area (Å²) in [4.78, 5) is 15.3. The van der Waals surface area contributed by atoms with E-state index in [-0.39, 0.29) is 22.7 Å². The van der Waals surface area contributed by atoms with Crippen LogP contribution in [0.15, 0.2) is 24.3 Å². The minimum Gasteiger partial charge on any atom is -0.508 e. The summed E-state index contributed by atoms with van der Waals surface area (Å²) in [6.07, 6.45) is 2.46. The third kappa shape index (κ3) is 4.40. The second-order valence-electron chi connectivity index (χ2n) is 4.56. The van der Waals surface area contributed by atoms with Gasteiger partial charge in [0.2, 0.25) is 0 Å². The number of hydrogen-bond donors (Lipinski definition) is 2. The zero-order chi connectivity index (χ0) is 13.0. The molecule has 0 radical (unpaired) electrons. The van der Waals surface area contributed by atoms with Gasteiger partial charge in [-0.25, -0.2) is 4.79 Å². The third-order valence-corrected chi connectivity index (χ3v) is 3.27. The number of carbonyl (C=O) groups is 1. The lowest BCUT2D eigenvalue weighted by molar-refractivity contribution is 0.252. The Balaban J connectivity index is 0.00000180. The Morgan fingerprint density at radius 1 is 1.26 bits per heavy atom. The normalized spacial score (nSPS) is 14.9. The lowest BCUT2D eigenvalue weighted by Gasteiger charge is -2.23. The molecular weight excluding hydrogens is 310 g/mol. The molecule has 1 aromatic carbocycles. The summed E-state index contributed by atoms with van der Waals surface area (Å²) in [6.45, 7) is 3.62. The summed E-state index contributed by atoms with van der Waals surface area (Å²) in [5, 5.41) is 9.24. The number of rotatable bonds is 4. The van der Waals surface area contributed by atoms with Gasteiger partial charge in [0.25, 0.3) is 0 Å². The van der Waals surface area contributed by atoms with Crippen molar-refractivity contribution in [1.29, 1.82) is 0 Å². The Kier molecular flexibility index (Phi) is 6.11. The molecule has 0 saturated carbocycles. The number of halogens is 1. The van der Waals surface area contributed by atoms with Gasteiger partial charge >= 0.3 is 6.03 Å². The zero-order valence-electron chi connectivity index (χ0n) is 10.8. The van der Waals surface area contributed by atoms with E-state index in [1.54, 1.807) is 24.3 Å². The van der Waals surface area contributed by atoms with Crippen LogP contribution in [0.1, 0.15) is 12.8 Å². The van der Waals surface area contributed by atoms with E-state index < -0.39 is 6.03 Å². The Hall–Kier alpha value is -1.27. The summed E-state index contributed by atoms with van der Waals surface area (Å²) in [5.41, 5.74) is 6.12. The fourth-order valence-electron chi connectivity index (χ4n) is 2.25. The van der Waals surface area contributed by atoms with Crippen LogP contribution in [-0.2, 0) is 0 Å². The molecule has 1 aliphatic heterocycles. The molecule has 0 spiro atoms. The number of benzene rings is 1. The molecule has 1 fully saturated rings. The van der Waals surface area contributed by atoms with Gasteiger partial charge in [-0.2, -0.15) is 0 Å². The van der Waals surface area contributed by atoms with Gasteiger partial charge in [0.1, 0.15) is 5.75 Å². The number of primary amides is 1. The summed E-state index contributed by atoms with van der Waals surface area (Å²) in [5.74, 6) is 0.183. The predicted octanol–water partition coefficient (Wildman–Crippen LogP) is 1.95. The molecule has 106 valence electrons. The van der Waals surface area contributed by atoms with Crippen LogP contribution in [0.2, 0.25) is 0 Å². The Morgan fingerprint density at radius 3 is 2.37 bits per heavy atom. The quantitative estimate of drug-likeness (QED) is 0.887. The monoisotopic (exact) mass is 329 g/mol. The molecule has 1 aliphatic rings. The first-order valence-corrected chi connectivity index (χ1v) is 6.25. The fraction of sp³-hybridized carbons (Fsp3) is 0.462. The predicted molar refractivity (Wildman–Crippen MR) is 81.0 cm³/mol. The van der Waals surface area contributed by atoms with Gasteiger partial charge in [-0.1, -0.05) is 0 Å². The maximum absolute atomic E-state index is 11.5. The Bertz CT molecular complexity index is 405. The number of nitrogens with zero attached hydrogens (tertiary/aromatic N) is 2. The van der Waals surface area contributed by atoms with Crippen LogP contribution in [0.4, 0.5) is 10.5 Å². The van der Waals surface area contributed by atoms with Crippen LogP contribution in [0.5, 0.6) is 5.75 Å². The van der Waals surface area contributed by atoms with E-state index in [2.05, 4.69) is 4.90 Å². The molecule has 0 unspecified atom stereocenters. The number of hydrogen-bond acceptors (Lipinski definition) is 3. The van der Waals surface area contributed by atoms with E-state index in [1.165, 1.54) is 17.7 Å². The number of carbonyl (C=O) groups excluding carboxylic acids is 1. The summed E-state index contributed by atoms with van der Waals surface area (Å²) < 4.78 is 0. The lowest BCUT2D eigenvalue weighted by Crippen LogP contribution is -2.41. The van der Waals surface area contributed by atoms with Crippen LogP contribution in [0.3, 0.4) is 0 Å². The van der Waals surface area contributed by atoms with Crippen molar-refractivity contribution < 1.29 is 9.90 Å². The molecule has 6 heteroatoms. The highest BCUT2D eigenvalue weighted by Crippen LogP contribution is 2.18. The minimum absolute atomic E-state index is 0. The minimum atomic E-state index is -0.458. The molecule has 5 nitrogen and oxygen atoms in total.